The molecule has 0 aliphatic rings. The van der Waals surface area contributed by atoms with Crippen LogP contribution in [0.4, 0.5) is 0 Å². The molecule has 0 unspecified atom stereocenters. The summed E-state index contributed by atoms with van der Waals surface area (Å²) < 4.78 is 12.7. The summed E-state index contributed by atoms with van der Waals surface area (Å²) in [6.45, 7) is 12.9. The van der Waals surface area contributed by atoms with E-state index in [1.807, 2.05) is 0 Å². The molecule has 0 heterocycles. The Labute approximate surface area is 131 Å². The zero-order valence-corrected chi connectivity index (χ0v) is 14.9. The van der Waals surface area contributed by atoms with Crippen molar-refractivity contribution >= 4 is 17.1 Å². The molecule has 118 valence electrons. The lowest BCUT2D eigenvalue weighted by Gasteiger charge is -2.22. The highest BCUT2D eigenvalue weighted by atomic mass is 32.2. The van der Waals surface area contributed by atoms with Crippen molar-refractivity contribution in [1.29, 1.82) is 0 Å². The number of carbonyl (C=O) groups excluding carboxylic acids is 1. The van der Waals surface area contributed by atoms with Gasteiger partial charge in [0.1, 0.15) is 6.29 Å². The molecule has 0 aliphatic carbocycles. The van der Waals surface area contributed by atoms with Crippen LogP contribution in [0.25, 0.3) is 0 Å². The number of hydrogen-bond acceptors (Lipinski definition) is 2. The molecular formula is C18H28O2S. The van der Waals surface area contributed by atoms with Gasteiger partial charge in [-0.3, -0.25) is 4.21 Å². The molecule has 0 saturated carbocycles. The standard InChI is InChI=1S/C18H28O2S/c1-12(2)15-10-16(13(3)4)18(17(11-15)14(5)6)21(20)9-7-8-19/h8,10-14H,7,9H2,1-6H3/t21-/m0/s1. The van der Waals surface area contributed by atoms with Crippen LogP contribution < -0.4 is 0 Å². The van der Waals surface area contributed by atoms with Crippen LogP contribution in [-0.2, 0) is 15.6 Å². The van der Waals surface area contributed by atoms with E-state index in [1.54, 1.807) is 0 Å². The highest BCUT2D eigenvalue weighted by molar-refractivity contribution is 7.85. The van der Waals surface area contributed by atoms with E-state index in [4.69, 9.17) is 0 Å². The number of carbonyl (C=O) groups is 1. The normalized spacial score (nSPS) is 13.2. The van der Waals surface area contributed by atoms with E-state index >= 15 is 0 Å². The zero-order chi connectivity index (χ0) is 16.2. The van der Waals surface area contributed by atoms with Crippen LogP contribution in [0.2, 0.25) is 0 Å². The zero-order valence-electron chi connectivity index (χ0n) is 14.1. The first kappa shape index (κ1) is 18.1. The maximum Gasteiger partial charge on any atom is 0.120 e. The highest BCUT2D eigenvalue weighted by Gasteiger charge is 2.21. The summed E-state index contributed by atoms with van der Waals surface area (Å²) in [5, 5.41) is 0. The van der Waals surface area contributed by atoms with Crippen molar-refractivity contribution in [3.8, 4) is 0 Å². The molecule has 2 nitrogen and oxygen atoms in total. The minimum Gasteiger partial charge on any atom is -0.303 e. The summed E-state index contributed by atoms with van der Waals surface area (Å²) in [6, 6.07) is 4.41. The summed E-state index contributed by atoms with van der Waals surface area (Å²) in [5.41, 5.74) is 3.65. The summed E-state index contributed by atoms with van der Waals surface area (Å²) in [4.78, 5) is 11.6. The second kappa shape index (κ2) is 7.88. The van der Waals surface area contributed by atoms with Gasteiger partial charge in [-0.15, -0.1) is 0 Å². The lowest BCUT2D eigenvalue weighted by molar-refractivity contribution is -0.107. The van der Waals surface area contributed by atoms with E-state index < -0.39 is 10.8 Å². The van der Waals surface area contributed by atoms with Crippen molar-refractivity contribution in [3.05, 3.63) is 28.8 Å². The fourth-order valence-corrected chi connectivity index (χ4v) is 4.04. The fraction of sp³-hybridized carbons (Fsp3) is 0.611. The monoisotopic (exact) mass is 308 g/mol. The van der Waals surface area contributed by atoms with Gasteiger partial charge < -0.3 is 4.79 Å². The van der Waals surface area contributed by atoms with Gasteiger partial charge in [0, 0.05) is 17.1 Å². The molecule has 0 N–H and O–H groups in total. The van der Waals surface area contributed by atoms with Crippen LogP contribution in [0.15, 0.2) is 17.0 Å². The minimum atomic E-state index is -1.10. The second-order valence-corrected chi connectivity index (χ2v) is 8.01. The molecule has 3 heteroatoms. The van der Waals surface area contributed by atoms with Crippen molar-refractivity contribution < 1.29 is 9.00 Å². The van der Waals surface area contributed by atoms with Crippen LogP contribution >= 0.6 is 0 Å². The lowest BCUT2D eigenvalue weighted by Crippen LogP contribution is -2.10. The van der Waals surface area contributed by atoms with E-state index in [9.17, 15) is 9.00 Å². The Balaban J connectivity index is 3.49. The Morgan fingerprint density at radius 1 is 0.952 bits per heavy atom. The van der Waals surface area contributed by atoms with Crippen molar-refractivity contribution in [2.75, 3.05) is 5.75 Å². The van der Waals surface area contributed by atoms with E-state index in [1.165, 1.54) is 16.7 Å². The molecule has 0 bridgehead atoms. The summed E-state index contributed by atoms with van der Waals surface area (Å²) >= 11 is 0. The summed E-state index contributed by atoms with van der Waals surface area (Å²) in [5.74, 6) is 1.54. The molecule has 0 saturated heterocycles. The van der Waals surface area contributed by atoms with Gasteiger partial charge in [0.2, 0.25) is 0 Å². The molecule has 0 spiro atoms. The Hall–Kier alpha value is -0.960. The smallest absolute Gasteiger partial charge is 0.120 e. The van der Waals surface area contributed by atoms with Gasteiger partial charge in [0.05, 0.1) is 10.8 Å². The molecule has 0 amide bonds. The maximum atomic E-state index is 12.7. The molecule has 0 radical (unpaired) electrons. The van der Waals surface area contributed by atoms with Crippen LogP contribution in [-0.4, -0.2) is 16.2 Å². The van der Waals surface area contributed by atoms with Crippen LogP contribution in [0.1, 0.15) is 82.4 Å². The second-order valence-electron chi connectivity index (χ2n) is 6.50. The largest absolute Gasteiger partial charge is 0.303 e. The maximum absolute atomic E-state index is 12.7. The van der Waals surface area contributed by atoms with Gasteiger partial charge in [0.15, 0.2) is 0 Å². The minimum absolute atomic E-state index is 0.330. The molecule has 1 rings (SSSR count). The van der Waals surface area contributed by atoms with Crippen molar-refractivity contribution in [2.45, 2.75) is 70.6 Å². The third kappa shape index (κ3) is 4.50. The Morgan fingerprint density at radius 2 is 1.43 bits per heavy atom. The number of rotatable bonds is 7. The Kier molecular flexibility index (Phi) is 6.79. The predicted molar refractivity (Wildman–Crippen MR) is 90.7 cm³/mol. The quantitative estimate of drug-likeness (QED) is 0.681. The Morgan fingerprint density at radius 3 is 1.76 bits per heavy atom. The van der Waals surface area contributed by atoms with Gasteiger partial charge in [-0.1, -0.05) is 53.7 Å². The third-order valence-corrected chi connectivity index (χ3v) is 5.26. The van der Waals surface area contributed by atoms with E-state index in [0.29, 0.717) is 29.9 Å². The number of hydrogen-bond donors (Lipinski definition) is 0. The van der Waals surface area contributed by atoms with Gasteiger partial charge in [-0.2, -0.15) is 0 Å². The van der Waals surface area contributed by atoms with Crippen LogP contribution in [0.3, 0.4) is 0 Å². The first-order chi connectivity index (χ1) is 9.79. The molecule has 0 aromatic heterocycles. The topological polar surface area (TPSA) is 34.1 Å². The predicted octanol–water partition coefficient (Wildman–Crippen LogP) is 4.75. The average Bonchev–Trinajstić information content (AvgIpc) is 2.42. The van der Waals surface area contributed by atoms with Crippen molar-refractivity contribution in [3.63, 3.8) is 0 Å². The molecule has 0 fully saturated rings. The fourth-order valence-electron chi connectivity index (χ4n) is 2.41. The SMILES string of the molecule is CC(C)c1cc(C(C)C)c([S@@](=O)CCC=O)c(C(C)C)c1. The molecule has 1 aromatic carbocycles. The van der Waals surface area contributed by atoms with E-state index in [2.05, 4.69) is 53.7 Å². The molecule has 1 atom stereocenters. The lowest BCUT2D eigenvalue weighted by atomic mass is 9.89. The van der Waals surface area contributed by atoms with Crippen LogP contribution in [0, 0.1) is 0 Å². The number of aldehydes is 1. The third-order valence-electron chi connectivity index (χ3n) is 3.73. The first-order valence-corrected chi connectivity index (χ1v) is 9.11. The summed E-state index contributed by atoms with van der Waals surface area (Å²) in [6.07, 6.45) is 1.21. The van der Waals surface area contributed by atoms with Crippen LogP contribution in [0.5, 0.6) is 0 Å². The van der Waals surface area contributed by atoms with Gasteiger partial charge in [-0.05, 0) is 34.4 Å². The van der Waals surface area contributed by atoms with Crippen molar-refractivity contribution in [2.24, 2.45) is 0 Å². The van der Waals surface area contributed by atoms with Gasteiger partial charge in [-0.25, -0.2) is 0 Å². The average molecular weight is 308 g/mol. The van der Waals surface area contributed by atoms with Crippen molar-refractivity contribution in [1.82, 2.24) is 0 Å². The molecule has 1 aromatic rings. The Bertz CT molecular complexity index is 487. The molecule has 0 aliphatic heterocycles. The summed E-state index contributed by atoms with van der Waals surface area (Å²) in [7, 11) is -1.10. The van der Waals surface area contributed by atoms with E-state index in [-0.39, 0.29) is 0 Å². The van der Waals surface area contributed by atoms with Gasteiger partial charge in [0.25, 0.3) is 0 Å². The molecule has 21 heavy (non-hydrogen) atoms. The molecular weight excluding hydrogens is 280 g/mol. The van der Waals surface area contributed by atoms with E-state index in [0.717, 1.165) is 11.2 Å². The number of benzene rings is 1. The first-order valence-electron chi connectivity index (χ1n) is 7.79. The highest BCUT2D eigenvalue weighted by Crippen LogP contribution is 2.34. The van der Waals surface area contributed by atoms with Gasteiger partial charge >= 0.3 is 0 Å².